The van der Waals surface area contributed by atoms with Crippen molar-refractivity contribution in [3.63, 3.8) is 0 Å². The van der Waals surface area contributed by atoms with Gasteiger partial charge in [0, 0.05) is 30.1 Å². The van der Waals surface area contributed by atoms with Gasteiger partial charge >= 0.3 is 0 Å². The number of benzene rings is 1. The van der Waals surface area contributed by atoms with Crippen LogP contribution in [0.25, 0.3) is 10.9 Å². The van der Waals surface area contributed by atoms with Gasteiger partial charge < -0.3 is 10.1 Å². The maximum Gasteiger partial charge on any atom is 0.286 e. The molecule has 7 nitrogen and oxygen atoms in total. The van der Waals surface area contributed by atoms with Gasteiger partial charge in [-0.05, 0) is 32.9 Å². The molecular weight excluding hydrogens is 402 g/mol. The minimum atomic E-state index is -3.63. The third-order valence-corrected chi connectivity index (χ3v) is 6.83. The number of pyridine rings is 1. The standard InChI is InChI=1S/C19H22F2N4O3S/c1-10(2)29(26,27)16-8-12-13(6-7-22-14(12)9-15(16)28-5)23-18-11(3)17(24-25-18)19(4,20)21/h6-10H,1-5H3,(H2,22,23,24,25). The second-order valence-corrected chi connectivity index (χ2v) is 9.53. The Morgan fingerprint density at radius 1 is 1.28 bits per heavy atom. The number of hydrogen-bond donors (Lipinski definition) is 2. The third-order valence-electron chi connectivity index (χ3n) is 4.66. The zero-order valence-corrected chi connectivity index (χ0v) is 17.5. The maximum atomic E-state index is 13.7. The highest BCUT2D eigenvalue weighted by Gasteiger charge is 2.30. The molecule has 0 aliphatic heterocycles. The fourth-order valence-corrected chi connectivity index (χ4v) is 4.19. The smallest absolute Gasteiger partial charge is 0.286 e. The number of methoxy groups -OCH3 is 1. The summed E-state index contributed by atoms with van der Waals surface area (Å²) >= 11 is 0. The van der Waals surface area contributed by atoms with E-state index in [1.54, 1.807) is 26.0 Å². The molecule has 1 aromatic carbocycles. The SMILES string of the molecule is COc1cc2nccc(Nc3n[nH]c(C(C)(F)F)c3C)c2cc1S(=O)(=O)C(C)C. The first-order valence-electron chi connectivity index (χ1n) is 8.87. The lowest BCUT2D eigenvalue weighted by Crippen LogP contribution is -2.15. The monoisotopic (exact) mass is 424 g/mol. The van der Waals surface area contributed by atoms with E-state index >= 15 is 0 Å². The van der Waals surface area contributed by atoms with E-state index in [4.69, 9.17) is 4.74 Å². The van der Waals surface area contributed by atoms with Crippen molar-refractivity contribution in [1.29, 1.82) is 0 Å². The Kier molecular flexibility index (Phi) is 5.24. The van der Waals surface area contributed by atoms with E-state index in [9.17, 15) is 17.2 Å². The Balaban J connectivity index is 2.17. The molecule has 0 amide bonds. The summed E-state index contributed by atoms with van der Waals surface area (Å²) < 4.78 is 58.2. The Hall–Kier alpha value is -2.75. The fourth-order valence-electron chi connectivity index (χ4n) is 2.97. The maximum absolute atomic E-state index is 13.7. The molecule has 29 heavy (non-hydrogen) atoms. The molecule has 10 heteroatoms. The molecular formula is C19H22F2N4O3S. The third kappa shape index (κ3) is 3.76. The topological polar surface area (TPSA) is 97.0 Å². The summed E-state index contributed by atoms with van der Waals surface area (Å²) in [5.41, 5.74) is 0.955. The minimum absolute atomic E-state index is 0.0399. The average Bonchev–Trinajstić information content (AvgIpc) is 3.01. The molecule has 0 saturated heterocycles. The van der Waals surface area contributed by atoms with Crippen LogP contribution in [0.4, 0.5) is 20.3 Å². The van der Waals surface area contributed by atoms with Crippen molar-refractivity contribution in [2.45, 2.75) is 43.8 Å². The normalized spacial score (nSPS) is 12.6. The molecule has 2 aromatic heterocycles. The van der Waals surface area contributed by atoms with Crippen molar-refractivity contribution >= 4 is 32.2 Å². The number of fused-ring (bicyclic) bond motifs is 1. The Morgan fingerprint density at radius 3 is 2.52 bits per heavy atom. The summed E-state index contributed by atoms with van der Waals surface area (Å²) in [5, 5.41) is 9.15. The predicted molar refractivity (Wildman–Crippen MR) is 107 cm³/mol. The number of halogens is 2. The number of nitrogens with one attached hydrogen (secondary N) is 2. The summed E-state index contributed by atoms with van der Waals surface area (Å²) in [5.74, 6) is -2.65. The number of H-pyrrole nitrogens is 1. The molecule has 0 aliphatic rings. The van der Waals surface area contributed by atoms with Gasteiger partial charge in [-0.3, -0.25) is 10.1 Å². The van der Waals surface area contributed by atoms with Crippen LogP contribution < -0.4 is 10.1 Å². The van der Waals surface area contributed by atoms with Crippen molar-refractivity contribution < 1.29 is 21.9 Å². The van der Waals surface area contributed by atoms with Gasteiger partial charge in [0.25, 0.3) is 5.92 Å². The van der Waals surface area contributed by atoms with E-state index in [2.05, 4.69) is 20.5 Å². The second-order valence-electron chi connectivity index (χ2n) is 7.06. The van der Waals surface area contributed by atoms with Crippen molar-refractivity contribution in [2.24, 2.45) is 0 Å². The molecule has 3 aromatic rings. The molecule has 0 saturated carbocycles. The van der Waals surface area contributed by atoms with Gasteiger partial charge in [0.1, 0.15) is 16.3 Å². The summed E-state index contributed by atoms with van der Waals surface area (Å²) in [6, 6.07) is 4.65. The number of hydrogen-bond acceptors (Lipinski definition) is 6. The largest absolute Gasteiger partial charge is 0.495 e. The molecule has 0 spiro atoms. The Bertz CT molecular complexity index is 1170. The quantitative estimate of drug-likeness (QED) is 0.612. The van der Waals surface area contributed by atoms with E-state index < -0.39 is 21.0 Å². The molecule has 3 rings (SSSR count). The summed E-state index contributed by atoms with van der Waals surface area (Å²) in [4.78, 5) is 4.30. The van der Waals surface area contributed by atoms with E-state index in [-0.39, 0.29) is 27.7 Å². The summed E-state index contributed by atoms with van der Waals surface area (Å²) in [7, 11) is -2.23. The van der Waals surface area contributed by atoms with Gasteiger partial charge in [0.2, 0.25) is 0 Å². The number of alkyl halides is 2. The van der Waals surface area contributed by atoms with Gasteiger partial charge in [-0.25, -0.2) is 8.42 Å². The van der Waals surface area contributed by atoms with Crippen LogP contribution in [-0.2, 0) is 15.8 Å². The average molecular weight is 424 g/mol. The minimum Gasteiger partial charge on any atom is -0.495 e. The van der Waals surface area contributed by atoms with Crippen molar-refractivity contribution in [2.75, 3.05) is 12.4 Å². The predicted octanol–water partition coefficient (Wildman–Crippen LogP) is 4.31. The van der Waals surface area contributed by atoms with Crippen LogP contribution in [0.5, 0.6) is 5.75 Å². The lowest BCUT2D eigenvalue weighted by atomic mass is 10.1. The van der Waals surface area contributed by atoms with Crippen LogP contribution in [0, 0.1) is 6.92 Å². The van der Waals surface area contributed by atoms with Crippen LogP contribution in [0.15, 0.2) is 29.3 Å². The number of nitrogens with zero attached hydrogens (tertiary/aromatic N) is 2. The van der Waals surface area contributed by atoms with Crippen molar-refractivity contribution in [3.05, 3.63) is 35.7 Å². The molecule has 0 fully saturated rings. The van der Waals surface area contributed by atoms with E-state index in [1.165, 1.54) is 26.3 Å². The van der Waals surface area contributed by atoms with Gasteiger partial charge in [-0.2, -0.15) is 13.9 Å². The second kappa shape index (κ2) is 7.25. The van der Waals surface area contributed by atoms with Gasteiger partial charge in [0.05, 0.1) is 23.6 Å². The first kappa shape index (κ1) is 21.0. The summed E-state index contributed by atoms with van der Waals surface area (Å²) in [6.07, 6.45) is 1.53. The molecule has 0 aliphatic carbocycles. The molecule has 0 radical (unpaired) electrons. The van der Waals surface area contributed by atoms with Gasteiger partial charge in [-0.1, -0.05) is 0 Å². The van der Waals surface area contributed by atoms with Gasteiger partial charge in [0.15, 0.2) is 15.7 Å². The molecule has 0 bridgehead atoms. The number of ether oxygens (including phenoxy) is 1. The van der Waals surface area contributed by atoms with Crippen molar-refractivity contribution in [1.82, 2.24) is 15.2 Å². The van der Waals surface area contributed by atoms with Crippen LogP contribution >= 0.6 is 0 Å². The zero-order chi connectivity index (χ0) is 21.6. The van der Waals surface area contributed by atoms with E-state index in [1.807, 2.05) is 0 Å². The van der Waals surface area contributed by atoms with Crippen LogP contribution in [0.1, 0.15) is 32.0 Å². The first-order valence-corrected chi connectivity index (χ1v) is 10.4. The highest BCUT2D eigenvalue weighted by Crippen LogP contribution is 2.36. The summed E-state index contributed by atoms with van der Waals surface area (Å²) in [6.45, 7) is 5.48. The zero-order valence-electron chi connectivity index (χ0n) is 16.7. The molecule has 0 unspecified atom stereocenters. The first-order chi connectivity index (χ1) is 13.5. The van der Waals surface area contributed by atoms with Gasteiger partial charge in [-0.15, -0.1) is 0 Å². The van der Waals surface area contributed by atoms with Crippen LogP contribution in [-0.4, -0.2) is 36.0 Å². The van der Waals surface area contributed by atoms with Crippen LogP contribution in [0.2, 0.25) is 0 Å². The van der Waals surface area contributed by atoms with E-state index in [0.29, 0.717) is 16.6 Å². The lowest BCUT2D eigenvalue weighted by Gasteiger charge is -2.15. The molecule has 0 atom stereocenters. The molecule has 156 valence electrons. The number of rotatable bonds is 6. The fraction of sp³-hybridized carbons (Fsp3) is 0.368. The van der Waals surface area contributed by atoms with E-state index in [0.717, 1.165) is 6.92 Å². The highest BCUT2D eigenvalue weighted by molar-refractivity contribution is 7.92. The Morgan fingerprint density at radius 2 is 1.97 bits per heavy atom. The lowest BCUT2D eigenvalue weighted by molar-refractivity contribution is 0.0121. The number of anilines is 2. The number of sulfone groups is 1. The van der Waals surface area contributed by atoms with Crippen LogP contribution in [0.3, 0.4) is 0 Å². The number of aromatic amines is 1. The molecule has 2 heterocycles. The Labute approximate surface area is 167 Å². The number of aromatic nitrogens is 3. The molecule has 2 N–H and O–H groups in total. The highest BCUT2D eigenvalue weighted by atomic mass is 32.2. The van der Waals surface area contributed by atoms with Crippen molar-refractivity contribution in [3.8, 4) is 5.75 Å².